The number of rotatable bonds is 1. The van der Waals surface area contributed by atoms with Crippen molar-refractivity contribution in [2.45, 2.75) is 51.6 Å². The van der Waals surface area contributed by atoms with Crippen molar-refractivity contribution in [3.63, 3.8) is 0 Å². The molecule has 0 amide bonds. The van der Waals surface area contributed by atoms with Gasteiger partial charge in [-0.2, -0.15) is 0 Å². The van der Waals surface area contributed by atoms with E-state index in [2.05, 4.69) is 30.5 Å². The molecule has 0 unspecified atom stereocenters. The van der Waals surface area contributed by atoms with Gasteiger partial charge in [0, 0.05) is 23.2 Å². The first-order chi connectivity index (χ1) is 8.60. The molecule has 4 rings (SSSR count). The van der Waals surface area contributed by atoms with E-state index in [-0.39, 0.29) is 5.54 Å². The fraction of sp³-hybridized carbons (Fsp3) is 0.500. The van der Waals surface area contributed by atoms with E-state index in [1.807, 2.05) is 0 Å². The van der Waals surface area contributed by atoms with Crippen LogP contribution in [0.3, 0.4) is 0 Å². The second-order valence-corrected chi connectivity index (χ2v) is 6.15. The van der Waals surface area contributed by atoms with Crippen LogP contribution in [0.2, 0.25) is 0 Å². The Hall–Kier alpha value is -1.28. The Morgan fingerprint density at radius 1 is 1.22 bits per heavy atom. The first-order valence-electron chi connectivity index (χ1n) is 7.02. The molecular weight excluding hydrogens is 220 g/mol. The predicted octanol–water partition coefficient (Wildman–Crippen LogP) is 3.15. The highest BCUT2D eigenvalue weighted by Crippen LogP contribution is 2.45. The Morgan fingerprint density at radius 3 is 2.72 bits per heavy atom. The van der Waals surface area contributed by atoms with E-state index >= 15 is 0 Å². The molecule has 1 aliphatic heterocycles. The van der Waals surface area contributed by atoms with Gasteiger partial charge in [-0.25, -0.2) is 0 Å². The number of nitrogens with zero attached hydrogens (tertiary/aromatic N) is 1. The average Bonchev–Trinajstić information content (AvgIpc) is 3.09. The van der Waals surface area contributed by atoms with E-state index in [9.17, 15) is 0 Å². The molecule has 2 aromatic rings. The molecule has 2 heterocycles. The standard InChI is InChI=1S/C16H20N2/c1-10-11(2)18-7-3-4-12-8-13(16(17)5-6-16)9-14(10)15(12)18/h8-9H,3-7,17H2,1-2H3. The fourth-order valence-electron chi connectivity index (χ4n) is 3.47. The van der Waals surface area contributed by atoms with Crippen LogP contribution in [0.15, 0.2) is 12.1 Å². The summed E-state index contributed by atoms with van der Waals surface area (Å²) in [6.07, 6.45) is 4.77. The number of hydrogen-bond donors (Lipinski definition) is 1. The van der Waals surface area contributed by atoms with Gasteiger partial charge in [0.15, 0.2) is 0 Å². The van der Waals surface area contributed by atoms with Gasteiger partial charge in [-0.05, 0) is 62.3 Å². The Kier molecular flexibility index (Phi) is 1.88. The number of aryl methyl sites for hydroxylation is 3. The summed E-state index contributed by atoms with van der Waals surface area (Å²) in [5.74, 6) is 0. The molecule has 0 saturated heterocycles. The zero-order valence-electron chi connectivity index (χ0n) is 11.2. The second-order valence-electron chi connectivity index (χ2n) is 6.15. The maximum Gasteiger partial charge on any atom is 0.0517 e. The molecular formula is C16H20N2. The minimum atomic E-state index is -0.00934. The van der Waals surface area contributed by atoms with Crippen molar-refractivity contribution >= 4 is 10.9 Å². The molecule has 1 saturated carbocycles. The maximum absolute atomic E-state index is 6.39. The largest absolute Gasteiger partial charge is 0.344 e. The van der Waals surface area contributed by atoms with Gasteiger partial charge >= 0.3 is 0 Å². The van der Waals surface area contributed by atoms with Gasteiger partial charge < -0.3 is 10.3 Å². The van der Waals surface area contributed by atoms with Gasteiger partial charge in [-0.1, -0.05) is 6.07 Å². The number of aromatic nitrogens is 1. The van der Waals surface area contributed by atoms with Crippen LogP contribution in [-0.4, -0.2) is 4.57 Å². The van der Waals surface area contributed by atoms with E-state index in [4.69, 9.17) is 5.73 Å². The number of hydrogen-bond acceptors (Lipinski definition) is 1. The lowest BCUT2D eigenvalue weighted by Gasteiger charge is -2.19. The van der Waals surface area contributed by atoms with E-state index in [0.29, 0.717) is 0 Å². The molecule has 1 aromatic carbocycles. The lowest BCUT2D eigenvalue weighted by atomic mass is 9.95. The van der Waals surface area contributed by atoms with Crippen LogP contribution in [0, 0.1) is 13.8 Å². The highest BCUT2D eigenvalue weighted by molar-refractivity contribution is 5.89. The summed E-state index contributed by atoms with van der Waals surface area (Å²) in [5, 5.41) is 1.44. The third-order valence-corrected chi connectivity index (χ3v) is 5.00. The molecule has 0 spiro atoms. The van der Waals surface area contributed by atoms with Gasteiger partial charge in [0.05, 0.1) is 5.52 Å². The topological polar surface area (TPSA) is 30.9 Å². The molecule has 0 bridgehead atoms. The molecule has 18 heavy (non-hydrogen) atoms. The predicted molar refractivity (Wildman–Crippen MR) is 74.8 cm³/mol. The normalized spacial score (nSPS) is 20.4. The lowest BCUT2D eigenvalue weighted by Crippen LogP contribution is -2.19. The molecule has 0 radical (unpaired) electrons. The Labute approximate surface area is 108 Å². The van der Waals surface area contributed by atoms with Crippen molar-refractivity contribution in [2.24, 2.45) is 5.73 Å². The third-order valence-electron chi connectivity index (χ3n) is 5.00. The Morgan fingerprint density at radius 2 is 2.00 bits per heavy atom. The smallest absolute Gasteiger partial charge is 0.0517 e. The summed E-state index contributed by atoms with van der Waals surface area (Å²) >= 11 is 0. The summed E-state index contributed by atoms with van der Waals surface area (Å²) in [5.41, 5.74) is 13.6. The minimum Gasteiger partial charge on any atom is -0.344 e. The summed E-state index contributed by atoms with van der Waals surface area (Å²) in [6, 6.07) is 4.74. The van der Waals surface area contributed by atoms with Crippen molar-refractivity contribution in [1.29, 1.82) is 0 Å². The van der Waals surface area contributed by atoms with E-state index in [0.717, 1.165) is 12.8 Å². The number of nitrogens with two attached hydrogens (primary N) is 1. The van der Waals surface area contributed by atoms with E-state index < -0.39 is 0 Å². The SMILES string of the molecule is Cc1c(C)n2c3c(cc(C4(N)CC4)cc13)CCC2. The van der Waals surface area contributed by atoms with Gasteiger partial charge in [0.25, 0.3) is 0 Å². The van der Waals surface area contributed by atoms with Crippen molar-refractivity contribution in [3.05, 3.63) is 34.5 Å². The van der Waals surface area contributed by atoms with Crippen LogP contribution >= 0.6 is 0 Å². The van der Waals surface area contributed by atoms with E-state index in [1.165, 1.54) is 52.7 Å². The van der Waals surface area contributed by atoms with Crippen molar-refractivity contribution < 1.29 is 0 Å². The highest BCUT2D eigenvalue weighted by atomic mass is 15.0. The zero-order valence-corrected chi connectivity index (χ0v) is 11.2. The monoisotopic (exact) mass is 240 g/mol. The quantitative estimate of drug-likeness (QED) is 0.815. The Balaban J connectivity index is 2.09. The summed E-state index contributed by atoms with van der Waals surface area (Å²) in [4.78, 5) is 0. The summed E-state index contributed by atoms with van der Waals surface area (Å²) < 4.78 is 2.50. The fourth-order valence-corrected chi connectivity index (χ4v) is 3.47. The molecule has 2 nitrogen and oxygen atoms in total. The van der Waals surface area contributed by atoms with Crippen LogP contribution in [0.4, 0.5) is 0 Å². The van der Waals surface area contributed by atoms with Crippen LogP contribution < -0.4 is 5.73 Å². The molecule has 2 N–H and O–H groups in total. The van der Waals surface area contributed by atoms with Gasteiger partial charge in [-0.3, -0.25) is 0 Å². The van der Waals surface area contributed by atoms with Crippen LogP contribution in [0.25, 0.3) is 10.9 Å². The lowest BCUT2D eigenvalue weighted by molar-refractivity contribution is 0.620. The van der Waals surface area contributed by atoms with Gasteiger partial charge in [0.1, 0.15) is 0 Å². The van der Waals surface area contributed by atoms with Crippen molar-refractivity contribution in [1.82, 2.24) is 4.57 Å². The molecule has 2 aliphatic rings. The zero-order chi connectivity index (χ0) is 12.5. The molecule has 2 heteroatoms. The first kappa shape index (κ1) is 10.6. The van der Waals surface area contributed by atoms with Crippen LogP contribution in [0.5, 0.6) is 0 Å². The number of benzene rings is 1. The Bertz CT molecular complexity index is 660. The average molecular weight is 240 g/mol. The van der Waals surface area contributed by atoms with Crippen LogP contribution in [-0.2, 0) is 18.5 Å². The first-order valence-corrected chi connectivity index (χ1v) is 7.02. The van der Waals surface area contributed by atoms with E-state index in [1.54, 1.807) is 0 Å². The maximum atomic E-state index is 6.39. The van der Waals surface area contributed by atoms with Crippen LogP contribution in [0.1, 0.15) is 41.6 Å². The summed E-state index contributed by atoms with van der Waals surface area (Å²) in [7, 11) is 0. The third kappa shape index (κ3) is 1.22. The molecule has 1 fully saturated rings. The summed E-state index contributed by atoms with van der Waals surface area (Å²) in [6.45, 7) is 5.68. The second kappa shape index (κ2) is 3.18. The van der Waals surface area contributed by atoms with Crippen molar-refractivity contribution in [3.8, 4) is 0 Å². The van der Waals surface area contributed by atoms with Crippen molar-refractivity contribution in [2.75, 3.05) is 0 Å². The molecule has 0 atom stereocenters. The molecule has 1 aromatic heterocycles. The highest BCUT2D eigenvalue weighted by Gasteiger charge is 2.40. The van der Waals surface area contributed by atoms with Gasteiger partial charge in [0.2, 0.25) is 0 Å². The molecule has 1 aliphatic carbocycles. The molecule has 94 valence electrons. The minimum absolute atomic E-state index is 0.00934. The van der Waals surface area contributed by atoms with Gasteiger partial charge in [-0.15, -0.1) is 0 Å².